The highest BCUT2D eigenvalue weighted by Crippen LogP contribution is 2.13. The summed E-state index contributed by atoms with van der Waals surface area (Å²) in [6.45, 7) is 8.16. The molecule has 0 unspecified atom stereocenters. The molecule has 1 aromatic heterocycles. The summed E-state index contributed by atoms with van der Waals surface area (Å²) in [4.78, 5) is 30.2. The van der Waals surface area contributed by atoms with Gasteiger partial charge in [-0.3, -0.25) is 14.5 Å². The van der Waals surface area contributed by atoms with Gasteiger partial charge in [0.05, 0.1) is 6.54 Å². The Morgan fingerprint density at radius 2 is 1.85 bits per heavy atom. The third kappa shape index (κ3) is 4.71. The fourth-order valence-electron chi connectivity index (χ4n) is 3.03. The Morgan fingerprint density at radius 3 is 2.50 bits per heavy atom. The smallest absolute Gasteiger partial charge is 0.251 e. The van der Waals surface area contributed by atoms with Crippen LogP contribution in [0.1, 0.15) is 26.4 Å². The summed E-state index contributed by atoms with van der Waals surface area (Å²) in [6.07, 6.45) is 0. The largest absolute Gasteiger partial charge is 0.343 e. The van der Waals surface area contributed by atoms with Crippen LogP contribution in [-0.2, 0) is 11.3 Å². The molecule has 0 aliphatic carbocycles. The zero-order valence-electron chi connectivity index (χ0n) is 15.3. The maximum atomic E-state index is 12.4. The van der Waals surface area contributed by atoms with E-state index in [1.54, 1.807) is 17.4 Å². The van der Waals surface area contributed by atoms with E-state index in [1.807, 2.05) is 30.9 Å². The first-order valence-electron chi connectivity index (χ1n) is 8.91. The molecule has 1 fully saturated rings. The zero-order chi connectivity index (χ0) is 18.5. The van der Waals surface area contributed by atoms with E-state index in [2.05, 4.69) is 27.7 Å². The molecule has 6 heteroatoms. The van der Waals surface area contributed by atoms with E-state index in [9.17, 15) is 9.59 Å². The molecule has 0 bridgehead atoms. The molecule has 0 saturated carbocycles. The van der Waals surface area contributed by atoms with Crippen LogP contribution in [0.4, 0.5) is 0 Å². The topological polar surface area (TPSA) is 52.7 Å². The van der Waals surface area contributed by atoms with Gasteiger partial charge in [0, 0.05) is 43.2 Å². The third-order valence-electron chi connectivity index (χ3n) is 4.85. The molecular weight excluding hydrogens is 346 g/mol. The summed E-state index contributed by atoms with van der Waals surface area (Å²) < 4.78 is 0. The number of amides is 2. The first-order valence-corrected chi connectivity index (χ1v) is 9.79. The van der Waals surface area contributed by atoms with Gasteiger partial charge in [0.25, 0.3) is 5.91 Å². The highest BCUT2D eigenvalue weighted by atomic mass is 32.1. The van der Waals surface area contributed by atoms with Crippen LogP contribution in [0.15, 0.2) is 35.7 Å². The van der Waals surface area contributed by atoms with Crippen molar-refractivity contribution in [3.05, 3.63) is 57.3 Å². The summed E-state index contributed by atoms with van der Waals surface area (Å²) in [7, 11) is 0. The highest BCUT2D eigenvalue weighted by molar-refractivity contribution is 7.09. The molecule has 2 aromatic rings. The Hall–Kier alpha value is -2.18. The van der Waals surface area contributed by atoms with Gasteiger partial charge in [-0.25, -0.2) is 0 Å². The second-order valence-corrected chi connectivity index (χ2v) is 7.75. The Morgan fingerprint density at radius 1 is 1.08 bits per heavy atom. The van der Waals surface area contributed by atoms with Crippen molar-refractivity contribution in [3.63, 3.8) is 0 Å². The van der Waals surface area contributed by atoms with E-state index in [0.717, 1.165) is 30.8 Å². The van der Waals surface area contributed by atoms with E-state index in [-0.39, 0.29) is 18.4 Å². The summed E-state index contributed by atoms with van der Waals surface area (Å²) in [5.74, 6) is -0.212. The molecule has 1 aliphatic rings. The van der Waals surface area contributed by atoms with E-state index in [4.69, 9.17) is 0 Å². The monoisotopic (exact) mass is 371 g/mol. The first kappa shape index (κ1) is 18.6. The number of benzene rings is 1. The molecule has 0 spiro atoms. The fraction of sp³-hybridized carbons (Fsp3) is 0.400. The Labute approximate surface area is 158 Å². The van der Waals surface area contributed by atoms with E-state index < -0.39 is 0 Å². The summed E-state index contributed by atoms with van der Waals surface area (Å²) in [5, 5.41) is 4.84. The van der Waals surface area contributed by atoms with Gasteiger partial charge in [0.2, 0.25) is 5.91 Å². The lowest BCUT2D eigenvalue weighted by Crippen LogP contribution is -2.50. The number of carbonyl (C=O) groups excluding carboxylic acids is 2. The van der Waals surface area contributed by atoms with Crippen molar-refractivity contribution in [3.8, 4) is 0 Å². The predicted octanol–water partition coefficient (Wildman–Crippen LogP) is 2.44. The number of hydrogen-bond acceptors (Lipinski definition) is 4. The summed E-state index contributed by atoms with van der Waals surface area (Å²) in [5.41, 5.74) is 2.82. The van der Waals surface area contributed by atoms with Gasteiger partial charge >= 0.3 is 0 Å². The minimum Gasteiger partial charge on any atom is -0.343 e. The first-order chi connectivity index (χ1) is 12.5. The quantitative estimate of drug-likeness (QED) is 0.878. The lowest BCUT2D eigenvalue weighted by atomic mass is 10.1. The van der Waals surface area contributed by atoms with Crippen LogP contribution in [0.3, 0.4) is 0 Å². The number of aryl methyl sites for hydroxylation is 2. The molecule has 1 aliphatic heterocycles. The third-order valence-corrected chi connectivity index (χ3v) is 5.71. The number of rotatable bonds is 5. The van der Waals surface area contributed by atoms with Gasteiger partial charge in [0.1, 0.15) is 0 Å². The predicted molar refractivity (Wildman–Crippen MR) is 104 cm³/mol. The van der Waals surface area contributed by atoms with Crippen LogP contribution in [0.25, 0.3) is 0 Å². The maximum absolute atomic E-state index is 12.4. The normalized spacial score (nSPS) is 15.1. The van der Waals surface area contributed by atoms with Crippen molar-refractivity contribution < 1.29 is 9.59 Å². The molecule has 138 valence electrons. The van der Waals surface area contributed by atoms with Crippen molar-refractivity contribution in [1.82, 2.24) is 15.1 Å². The number of thiophene rings is 1. The van der Waals surface area contributed by atoms with Gasteiger partial charge in [-0.1, -0.05) is 12.1 Å². The molecule has 1 saturated heterocycles. The summed E-state index contributed by atoms with van der Waals surface area (Å²) >= 11 is 1.76. The van der Waals surface area contributed by atoms with Crippen LogP contribution in [0, 0.1) is 13.8 Å². The maximum Gasteiger partial charge on any atom is 0.251 e. The standard InChI is InChI=1S/C20H25N3O2S/c1-15-5-6-17(12-16(15)2)20(25)21-13-19(24)23-9-7-22(8-10-23)14-18-4-3-11-26-18/h3-6,11-12H,7-10,13-14H2,1-2H3,(H,21,25). The minimum atomic E-state index is -0.196. The molecule has 2 amide bonds. The molecule has 1 aromatic carbocycles. The average Bonchev–Trinajstić information content (AvgIpc) is 3.15. The Balaban J connectivity index is 1.44. The SMILES string of the molecule is Cc1ccc(C(=O)NCC(=O)N2CCN(Cc3cccs3)CC2)cc1C. The average molecular weight is 372 g/mol. The van der Waals surface area contributed by atoms with Crippen molar-refractivity contribution in [2.45, 2.75) is 20.4 Å². The van der Waals surface area contributed by atoms with E-state index in [1.165, 1.54) is 4.88 Å². The second kappa shape index (κ2) is 8.47. The van der Waals surface area contributed by atoms with Crippen LogP contribution in [-0.4, -0.2) is 54.3 Å². The van der Waals surface area contributed by atoms with E-state index in [0.29, 0.717) is 18.7 Å². The Kier molecular flexibility index (Phi) is 6.06. The lowest BCUT2D eigenvalue weighted by Gasteiger charge is -2.34. The number of hydrogen-bond donors (Lipinski definition) is 1. The van der Waals surface area contributed by atoms with Gasteiger partial charge in [-0.15, -0.1) is 11.3 Å². The molecule has 26 heavy (non-hydrogen) atoms. The number of nitrogens with one attached hydrogen (secondary N) is 1. The molecule has 0 atom stereocenters. The van der Waals surface area contributed by atoms with Crippen LogP contribution in [0.5, 0.6) is 0 Å². The molecule has 5 nitrogen and oxygen atoms in total. The molecular formula is C20H25N3O2S. The van der Waals surface area contributed by atoms with Crippen LogP contribution in [0.2, 0.25) is 0 Å². The number of carbonyl (C=O) groups is 2. The van der Waals surface area contributed by atoms with Crippen molar-refractivity contribution in [1.29, 1.82) is 0 Å². The fourth-order valence-corrected chi connectivity index (χ4v) is 3.78. The summed E-state index contributed by atoms with van der Waals surface area (Å²) in [6, 6.07) is 9.80. The molecule has 0 radical (unpaired) electrons. The van der Waals surface area contributed by atoms with Gasteiger partial charge in [-0.2, -0.15) is 0 Å². The van der Waals surface area contributed by atoms with Gasteiger partial charge < -0.3 is 10.2 Å². The number of nitrogens with zero attached hydrogens (tertiary/aromatic N) is 2. The highest BCUT2D eigenvalue weighted by Gasteiger charge is 2.21. The minimum absolute atomic E-state index is 0.0158. The zero-order valence-corrected chi connectivity index (χ0v) is 16.1. The van der Waals surface area contributed by atoms with Crippen molar-refractivity contribution >= 4 is 23.2 Å². The van der Waals surface area contributed by atoms with Crippen LogP contribution >= 0.6 is 11.3 Å². The van der Waals surface area contributed by atoms with Gasteiger partial charge in [-0.05, 0) is 48.6 Å². The molecule has 3 rings (SSSR count). The van der Waals surface area contributed by atoms with Gasteiger partial charge in [0.15, 0.2) is 0 Å². The second-order valence-electron chi connectivity index (χ2n) is 6.72. The van der Waals surface area contributed by atoms with Crippen molar-refractivity contribution in [2.24, 2.45) is 0 Å². The Bertz CT molecular complexity index is 765. The lowest BCUT2D eigenvalue weighted by molar-refractivity contribution is -0.131. The van der Waals surface area contributed by atoms with Crippen molar-refractivity contribution in [2.75, 3.05) is 32.7 Å². The molecule has 2 heterocycles. The number of piperazine rings is 1. The van der Waals surface area contributed by atoms with Crippen LogP contribution < -0.4 is 5.32 Å². The van der Waals surface area contributed by atoms with E-state index >= 15 is 0 Å². The molecule has 1 N–H and O–H groups in total.